The first-order chi connectivity index (χ1) is 8.31. The number of esters is 1. The van der Waals surface area contributed by atoms with Gasteiger partial charge in [-0.1, -0.05) is 30.3 Å². The van der Waals surface area contributed by atoms with E-state index in [-0.39, 0.29) is 12.6 Å². The monoisotopic (exact) mass is 230 g/mol. The van der Waals surface area contributed by atoms with Crippen molar-refractivity contribution in [3.8, 4) is 0 Å². The summed E-state index contributed by atoms with van der Waals surface area (Å²) in [6, 6.07) is 9.58. The second kappa shape index (κ2) is 5.30. The van der Waals surface area contributed by atoms with Crippen LogP contribution >= 0.6 is 0 Å². The zero-order valence-corrected chi connectivity index (χ0v) is 9.67. The summed E-state index contributed by atoms with van der Waals surface area (Å²) in [6.45, 7) is 2.93. The fourth-order valence-electron chi connectivity index (χ4n) is 1.54. The van der Waals surface area contributed by atoms with Crippen LogP contribution in [0, 0.1) is 0 Å². The number of carbonyl (C=O) groups is 1. The van der Waals surface area contributed by atoms with Crippen molar-refractivity contribution in [3.63, 3.8) is 0 Å². The molecule has 0 fully saturated rings. The molecular weight excluding hydrogens is 216 g/mol. The number of aromatic nitrogens is 2. The molecule has 1 aromatic carbocycles. The van der Waals surface area contributed by atoms with Gasteiger partial charge in [0.05, 0.1) is 0 Å². The van der Waals surface area contributed by atoms with E-state index in [1.165, 1.54) is 0 Å². The van der Waals surface area contributed by atoms with Gasteiger partial charge in [0.25, 0.3) is 0 Å². The fraction of sp³-hybridized carbons (Fsp3) is 0.231. The minimum Gasteiger partial charge on any atom is -0.455 e. The molecule has 1 aromatic heterocycles. The maximum atomic E-state index is 11.8. The van der Waals surface area contributed by atoms with Gasteiger partial charge in [0.1, 0.15) is 6.61 Å². The number of aryl methyl sites for hydroxylation is 1. The summed E-state index contributed by atoms with van der Waals surface area (Å²) in [7, 11) is 0. The Labute approximate surface area is 99.9 Å². The van der Waals surface area contributed by atoms with E-state index in [0.29, 0.717) is 12.4 Å². The maximum absolute atomic E-state index is 11.8. The van der Waals surface area contributed by atoms with Crippen LogP contribution in [0.25, 0.3) is 0 Å². The summed E-state index contributed by atoms with van der Waals surface area (Å²) >= 11 is 0. The van der Waals surface area contributed by atoms with Crippen LogP contribution in [0.2, 0.25) is 0 Å². The molecule has 0 aliphatic carbocycles. The molecule has 0 radical (unpaired) electrons. The summed E-state index contributed by atoms with van der Waals surface area (Å²) in [4.78, 5) is 15.7. The van der Waals surface area contributed by atoms with Gasteiger partial charge in [0, 0.05) is 18.9 Å². The lowest BCUT2D eigenvalue weighted by Crippen LogP contribution is -2.12. The average Bonchev–Trinajstić information content (AvgIpc) is 2.85. The van der Waals surface area contributed by atoms with Crippen molar-refractivity contribution in [2.24, 2.45) is 0 Å². The van der Waals surface area contributed by atoms with Gasteiger partial charge < -0.3 is 9.30 Å². The minimum absolute atomic E-state index is 0.274. The van der Waals surface area contributed by atoms with Crippen molar-refractivity contribution in [1.29, 1.82) is 0 Å². The van der Waals surface area contributed by atoms with Crippen LogP contribution in [0.1, 0.15) is 23.1 Å². The average molecular weight is 230 g/mol. The highest BCUT2D eigenvalue weighted by Crippen LogP contribution is 2.05. The van der Waals surface area contributed by atoms with Crippen LogP contribution in [-0.2, 0) is 17.9 Å². The first kappa shape index (κ1) is 11.4. The lowest BCUT2D eigenvalue weighted by molar-refractivity contribution is 0.0452. The molecule has 0 N–H and O–H groups in total. The van der Waals surface area contributed by atoms with Gasteiger partial charge in [0.2, 0.25) is 5.82 Å². The van der Waals surface area contributed by atoms with Gasteiger partial charge in [-0.3, -0.25) is 0 Å². The lowest BCUT2D eigenvalue weighted by Gasteiger charge is -2.05. The highest BCUT2D eigenvalue weighted by Gasteiger charge is 2.13. The van der Waals surface area contributed by atoms with Crippen LogP contribution in [-0.4, -0.2) is 15.5 Å². The minimum atomic E-state index is -0.388. The molecule has 2 rings (SSSR count). The quantitative estimate of drug-likeness (QED) is 0.757. The summed E-state index contributed by atoms with van der Waals surface area (Å²) in [5.41, 5.74) is 0.968. The van der Waals surface area contributed by atoms with Gasteiger partial charge in [-0.15, -0.1) is 0 Å². The lowest BCUT2D eigenvalue weighted by atomic mass is 10.2. The number of imidazole rings is 1. The van der Waals surface area contributed by atoms with E-state index in [4.69, 9.17) is 4.74 Å². The summed E-state index contributed by atoms with van der Waals surface area (Å²) in [5, 5.41) is 0. The van der Waals surface area contributed by atoms with Crippen LogP contribution in [0.4, 0.5) is 0 Å². The smallest absolute Gasteiger partial charge is 0.374 e. The Morgan fingerprint density at radius 1 is 1.35 bits per heavy atom. The molecule has 1 heterocycles. The number of rotatable bonds is 4. The molecule has 17 heavy (non-hydrogen) atoms. The van der Waals surface area contributed by atoms with Crippen molar-refractivity contribution in [2.45, 2.75) is 20.1 Å². The second-order valence-corrected chi connectivity index (χ2v) is 3.60. The number of hydrogen-bond acceptors (Lipinski definition) is 3. The van der Waals surface area contributed by atoms with E-state index >= 15 is 0 Å². The number of benzene rings is 1. The molecule has 0 atom stereocenters. The van der Waals surface area contributed by atoms with Crippen molar-refractivity contribution in [3.05, 3.63) is 54.1 Å². The van der Waals surface area contributed by atoms with Crippen LogP contribution in [0.3, 0.4) is 0 Å². The Hall–Kier alpha value is -2.10. The van der Waals surface area contributed by atoms with E-state index in [2.05, 4.69) is 4.98 Å². The normalized spacial score (nSPS) is 10.2. The van der Waals surface area contributed by atoms with E-state index in [0.717, 1.165) is 5.56 Å². The standard InChI is InChI=1S/C13H14N2O2/c1-2-15-9-8-14-12(15)13(16)17-10-11-6-4-3-5-7-11/h3-9H,2,10H2,1H3. The molecule has 4 heteroatoms. The molecule has 0 aliphatic heterocycles. The summed E-state index contributed by atoms with van der Waals surface area (Å²) < 4.78 is 6.95. The van der Waals surface area contributed by atoms with Crippen molar-refractivity contribution in [1.82, 2.24) is 9.55 Å². The van der Waals surface area contributed by atoms with Gasteiger partial charge in [-0.25, -0.2) is 9.78 Å². The molecule has 0 saturated heterocycles. The summed E-state index contributed by atoms with van der Waals surface area (Å²) in [6.07, 6.45) is 3.36. The Morgan fingerprint density at radius 2 is 2.12 bits per heavy atom. The zero-order chi connectivity index (χ0) is 12.1. The molecule has 0 amide bonds. The topological polar surface area (TPSA) is 44.1 Å². The Kier molecular flexibility index (Phi) is 3.55. The predicted octanol–water partition coefficient (Wildman–Crippen LogP) is 2.26. The number of nitrogens with zero attached hydrogens (tertiary/aromatic N) is 2. The van der Waals surface area contributed by atoms with E-state index in [9.17, 15) is 4.79 Å². The molecule has 0 bridgehead atoms. The highest BCUT2D eigenvalue weighted by atomic mass is 16.5. The first-order valence-electron chi connectivity index (χ1n) is 5.53. The maximum Gasteiger partial charge on any atom is 0.374 e. The van der Waals surface area contributed by atoms with Gasteiger partial charge in [-0.2, -0.15) is 0 Å². The molecule has 4 nitrogen and oxygen atoms in total. The Morgan fingerprint density at radius 3 is 2.82 bits per heavy atom. The highest BCUT2D eigenvalue weighted by molar-refractivity contribution is 5.85. The summed E-state index contributed by atoms with van der Waals surface area (Å²) in [5.74, 6) is -0.0378. The largest absolute Gasteiger partial charge is 0.455 e. The van der Waals surface area contributed by atoms with E-state index in [1.54, 1.807) is 17.0 Å². The number of hydrogen-bond donors (Lipinski definition) is 0. The van der Waals surface area contributed by atoms with Crippen LogP contribution in [0.15, 0.2) is 42.7 Å². The van der Waals surface area contributed by atoms with Crippen molar-refractivity contribution < 1.29 is 9.53 Å². The third kappa shape index (κ3) is 2.72. The predicted molar refractivity (Wildman–Crippen MR) is 63.5 cm³/mol. The molecule has 2 aromatic rings. The molecule has 88 valence electrons. The van der Waals surface area contributed by atoms with Crippen LogP contribution in [0.5, 0.6) is 0 Å². The van der Waals surface area contributed by atoms with Gasteiger partial charge in [-0.05, 0) is 12.5 Å². The molecule has 0 saturated carbocycles. The Balaban J connectivity index is 1.98. The molecule has 0 spiro atoms. The number of carbonyl (C=O) groups excluding carboxylic acids is 1. The third-order valence-corrected chi connectivity index (χ3v) is 2.45. The third-order valence-electron chi connectivity index (χ3n) is 2.45. The fourth-order valence-corrected chi connectivity index (χ4v) is 1.54. The van der Waals surface area contributed by atoms with E-state index in [1.807, 2.05) is 37.3 Å². The molecular formula is C13H14N2O2. The first-order valence-corrected chi connectivity index (χ1v) is 5.53. The van der Waals surface area contributed by atoms with Gasteiger partial charge >= 0.3 is 5.97 Å². The Bertz CT molecular complexity index is 491. The number of ether oxygens (including phenoxy) is 1. The van der Waals surface area contributed by atoms with Crippen LogP contribution < -0.4 is 0 Å². The van der Waals surface area contributed by atoms with Gasteiger partial charge in [0.15, 0.2) is 0 Å². The molecule has 0 aliphatic rings. The SMILES string of the molecule is CCn1ccnc1C(=O)OCc1ccccc1. The molecule has 0 unspecified atom stereocenters. The van der Waals surface area contributed by atoms with Crippen molar-refractivity contribution in [2.75, 3.05) is 0 Å². The van der Waals surface area contributed by atoms with E-state index < -0.39 is 0 Å². The zero-order valence-electron chi connectivity index (χ0n) is 9.67. The second-order valence-electron chi connectivity index (χ2n) is 3.60. The van der Waals surface area contributed by atoms with Crippen molar-refractivity contribution >= 4 is 5.97 Å².